The van der Waals surface area contributed by atoms with E-state index in [9.17, 15) is 4.79 Å². The summed E-state index contributed by atoms with van der Waals surface area (Å²) in [6.07, 6.45) is -0.199. The summed E-state index contributed by atoms with van der Waals surface area (Å²) in [5.41, 5.74) is 1.49. The average molecular weight is 297 g/mol. The van der Waals surface area contributed by atoms with Crippen LogP contribution < -0.4 is 5.32 Å². The maximum Gasteiger partial charge on any atom is 0.264 e. The zero-order valence-electron chi connectivity index (χ0n) is 11.4. The fraction of sp³-hybridized carbons (Fsp3) is 0.429. The summed E-state index contributed by atoms with van der Waals surface area (Å²) in [5, 5.41) is 7.38. The molecule has 0 unspecified atom stereocenters. The van der Waals surface area contributed by atoms with Crippen molar-refractivity contribution in [2.24, 2.45) is 5.16 Å². The Morgan fingerprint density at radius 2 is 2.35 bits per heavy atom. The van der Waals surface area contributed by atoms with Crippen LogP contribution in [-0.2, 0) is 14.4 Å². The quantitative estimate of drug-likeness (QED) is 0.904. The Labute approximate surface area is 122 Å². The van der Waals surface area contributed by atoms with Gasteiger partial charge in [0, 0.05) is 30.2 Å². The maximum atomic E-state index is 12.0. The predicted octanol–water partition coefficient (Wildman–Crippen LogP) is 1.98. The van der Waals surface area contributed by atoms with Gasteiger partial charge in [0.25, 0.3) is 5.91 Å². The highest BCUT2D eigenvalue weighted by Gasteiger charge is 2.30. The Bertz CT molecular complexity index is 519. The summed E-state index contributed by atoms with van der Waals surface area (Å²) in [7, 11) is 1.59. The van der Waals surface area contributed by atoms with Crippen molar-refractivity contribution in [1.82, 2.24) is 5.32 Å². The van der Waals surface area contributed by atoms with E-state index < -0.39 is 6.10 Å². The lowest BCUT2D eigenvalue weighted by atomic mass is 10.0. The van der Waals surface area contributed by atoms with Crippen LogP contribution in [0.2, 0.25) is 5.02 Å². The van der Waals surface area contributed by atoms with Gasteiger partial charge in [0.1, 0.15) is 0 Å². The van der Waals surface area contributed by atoms with Gasteiger partial charge in [-0.25, -0.2) is 0 Å². The Kier molecular flexibility index (Phi) is 4.98. The lowest BCUT2D eigenvalue weighted by Crippen LogP contribution is -2.42. The van der Waals surface area contributed by atoms with Crippen molar-refractivity contribution in [2.45, 2.75) is 25.5 Å². The number of halogens is 1. The van der Waals surface area contributed by atoms with Crippen molar-refractivity contribution in [1.29, 1.82) is 0 Å². The minimum Gasteiger partial charge on any atom is -0.383 e. The molecule has 1 aliphatic heterocycles. The Morgan fingerprint density at radius 3 is 3.05 bits per heavy atom. The van der Waals surface area contributed by atoms with Gasteiger partial charge in [-0.05, 0) is 13.0 Å². The number of amides is 1. The van der Waals surface area contributed by atoms with Crippen molar-refractivity contribution in [3.63, 3.8) is 0 Å². The third-order valence-corrected chi connectivity index (χ3v) is 3.28. The zero-order valence-corrected chi connectivity index (χ0v) is 12.2. The van der Waals surface area contributed by atoms with Crippen molar-refractivity contribution in [3.05, 3.63) is 34.9 Å². The molecule has 0 radical (unpaired) electrons. The molecule has 1 amide bonds. The summed E-state index contributed by atoms with van der Waals surface area (Å²) in [6, 6.07) is 7.29. The highest BCUT2D eigenvalue weighted by molar-refractivity contribution is 6.34. The molecule has 108 valence electrons. The van der Waals surface area contributed by atoms with Crippen molar-refractivity contribution in [2.75, 3.05) is 13.7 Å². The minimum atomic E-state index is -0.611. The van der Waals surface area contributed by atoms with E-state index >= 15 is 0 Å². The molecule has 1 heterocycles. The molecule has 0 spiro atoms. The Hall–Kier alpha value is -1.59. The van der Waals surface area contributed by atoms with Crippen LogP contribution in [0.15, 0.2) is 29.4 Å². The SMILES string of the molecule is COC[C@H](C)NC(=O)[C@H]1CC(c2ccccc2Cl)=NO1. The highest BCUT2D eigenvalue weighted by Crippen LogP contribution is 2.22. The topological polar surface area (TPSA) is 59.9 Å². The Morgan fingerprint density at radius 1 is 1.60 bits per heavy atom. The summed E-state index contributed by atoms with van der Waals surface area (Å²) in [5.74, 6) is -0.194. The third kappa shape index (κ3) is 3.49. The van der Waals surface area contributed by atoms with Crippen LogP contribution in [0.1, 0.15) is 18.9 Å². The number of nitrogens with one attached hydrogen (secondary N) is 1. The van der Waals surface area contributed by atoms with Gasteiger partial charge in [0.15, 0.2) is 0 Å². The molecule has 0 aliphatic carbocycles. The summed E-state index contributed by atoms with van der Waals surface area (Å²) >= 11 is 6.10. The number of ether oxygens (including phenoxy) is 1. The van der Waals surface area contributed by atoms with E-state index in [1.165, 1.54) is 0 Å². The van der Waals surface area contributed by atoms with Gasteiger partial charge in [0.2, 0.25) is 6.10 Å². The monoisotopic (exact) mass is 296 g/mol. The molecule has 0 saturated carbocycles. The molecular formula is C14H17ClN2O3. The van der Waals surface area contributed by atoms with Crippen molar-refractivity contribution >= 4 is 23.2 Å². The smallest absolute Gasteiger partial charge is 0.264 e. The molecule has 6 heteroatoms. The lowest BCUT2D eigenvalue weighted by molar-refractivity contribution is -0.132. The number of nitrogens with zero attached hydrogens (tertiary/aromatic N) is 1. The molecule has 2 rings (SSSR count). The summed E-state index contributed by atoms with van der Waals surface area (Å²) in [4.78, 5) is 17.2. The van der Waals surface area contributed by atoms with Gasteiger partial charge in [-0.15, -0.1) is 0 Å². The Balaban J connectivity index is 1.95. The van der Waals surface area contributed by atoms with Crippen molar-refractivity contribution < 1.29 is 14.4 Å². The second kappa shape index (κ2) is 6.72. The van der Waals surface area contributed by atoms with E-state index in [0.717, 1.165) is 5.56 Å². The molecule has 1 aromatic rings. The predicted molar refractivity (Wildman–Crippen MR) is 77.0 cm³/mol. The van der Waals surface area contributed by atoms with Gasteiger partial charge in [-0.3, -0.25) is 4.79 Å². The first kappa shape index (κ1) is 14.8. The van der Waals surface area contributed by atoms with E-state index in [0.29, 0.717) is 23.8 Å². The van der Waals surface area contributed by atoms with Crippen LogP contribution >= 0.6 is 11.6 Å². The molecule has 1 N–H and O–H groups in total. The van der Waals surface area contributed by atoms with E-state index in [1.54, 1.807) is 13.2 Å². The second-order valence-corrected chi connectivity index (χ2v) is 5.09. The van der Waals surface area contributed by atoms with Gasteiger partial charge >= 0.3 is 0 Å². The molecule has 1 aliphatic rings. The largest absolute Gasteiger partial charge is 0.383 e. The molecule has 0 bridgehead atoms. The highest BCUT2D eigenvalue weighted by atomic mass is 35.5. The van der Waals surface area contributed by atoms with Gasteiger partial charge in [-0.1, -0.05) is 35.0 Å². The normalized spacial score (nSPS) is 19.1. The second-order valence-electron chi connectivity index (χ2n) is 4.68. The van der Waals surface area contributed by atoms with Crippen LogP contribution in [0.4, 0.5) is 0 Å². The van der Waals surface area contributed by atoms with Crippen LogP contribution in [0, 0.1) is 0 Å². The molecule has 2 atom stereocenters. The average Bonchev–Trinajstić information content (AvgIpc) is 2.89. The van der Waals surface area contributed by atoms with Crippen molar-refractivity contribution in [3.8, 4) is 0 Å². The number of carbonyl (C=O) groups excluding carboxylic acids is 1. The number of hydrogen-bond acceptors (Lipinski definition) is 4. The first-order chi connectivity index (χ1) is 9.61. The first-order valence-electron chi connectivity index (χ1n) is 6.38. The standard InChI is InChI=1S/C14H17ClN2O3/c1-9(8-19-2)16-14(18)13-7-12(17-20-13)10-5-3-4-6-11(10)15/h3-6,9,13H,7-8H2,1-2H3,(H,16,18)/t9-,13+/m0/s1. The number of hydrogen-bond donors (Lipinski definition) is 1. The molecule has 20 heavy (non-hydrogen) atoms. The number of benzene rings is 1. The summed E-state index contributed by atoms with van der Waals surface area (Å²) in [6.45, 7) is 2.32. The van der Waals surface area contributed by atoms with E-state index in [2.05, 4.69) is 10.5 Å². The van der Waals surface area contributed by atoms with E-state index in [4.69, 9.17) is 21.2 Å². The van der Waals surface area contributed by atoms with E-state index in [1.807, 2.05) is 25.1 Å². The van der Waals surface area contributed by atoms with Crippen LogP contribution in [0.25, 0.3) is 0 Å². The molecule has 0 fully saturated rings. The number of oxime groups is 1. The zero-order chi connectivity index (χ0) is 14.5. The number of methoxy groups -OCH3 is 1. The fourth-order valence-corrected chi connectivity index (χ4v) is 2.24. The fourth-order valence-electron chi connectivity index (χ4n) is 2.00. The molecule has 0 aromatic heterocycles. The van der Waals surface area contributed by atoms with Gasteiger partial charge in [-0.2, -0.15) is 0 Å². The lowest BCUT2D eigenvalue weighted by Gasteiger charge is -2.15. The molecule has 1 aromatic carbocycles. The van der Waals surface area contributed by atoms with Crippen LogP contribution in [0.5, 0.6) is 0 Å². The first-order valence-corrected chi connectivity index (χ1v) is 6.76. The maximum absolute atomic E-state index is 12.0. The molecule has 0 saturated heterocycles. The minimum absolute atomic E-state index is 0.0690. The third-order valence-electron chi connectivity index (χ3n) is 2.95. The number of rotatable bonds is 5. The van der Waals surface area contributed by atoms with Crippen LogP contribution in [-0.4, -0.2) is 37.5 Å². The molecular weight excluding hydrogens is 280 g/mol. The number of carbonyl (C=O) groups is 1. The van der Waals surface area contributed by atoms with Gasteiger partial charge < -0.3 is 14.9 Å². The van der Waals surface area contributed by atoms with Crippen LogP contribution in [0.3, 0.4) is 0 Å². The summed E-state index contributed by atoms with van der Waals surface area (Å²) < 4.78 is 4.97. The van der Waals surface area contributed by atoms with Gasteiger partial charge in [0.05, 0.1) is 12.3 Å². The molecule has 5 nitrogen and oxygen atoms in total. The van der Waals surface area contributed by atoms with E-state index in [-0.39, 0.29) is 11.9 Å².